The number of hydrogen-bond donors (Lipinski definition) is 1. The van der Waals surface area contributed by atoms with Gasteiger partial charge in [-0.05, 0) is 24.1 Å². The highest BCUT2D eigenvalue weighted by atomic mass is 32.2. The van der Waals surface area contributed by atoms with Gasteiger partial charge >= 0.3 is 5.97 Å². The molecule has 3 nitrogen and oxygen atoms in total. The lowest BCUT2D eigenvalue weighted by Gasteiger charge is -2.08. The molecule has 1 rings (SSSR count). The maximum atomic E-state index is 10.5. The number of carbonyl (C=O) groups is 1. The highest BCUT2D eigenvalue weighted by Gasteiger charge is 2.06. The Balaban J connectivity index is 2.77. The van der Waals surface area contributed by atoms with E-state index in [0.717, 1.165) is 16.2 Å². The number of carboxylic acids is 1. The lowest BCUT2D eigenvalue weighted by Crippen LogP contribution is -1.98. The van der Waals surface area contributed by atoms with Crippen LogP contribution in [0.5, 0.6) is 5.75 Å². The van der Waals surface area contributed by atoms with Gasteiger partial charge in [-0.15, -0.1) is 18.2 Å². The third-order valence-corrected chi connectivity index (χ3v) is 3.13. The summed E-state index contributed by atoms with van der Waals surface area (Å²) in [5.41, 5.74) is 0.953. The molecule has 0 saturated carbocycles. The Kier molecular flexibility index (Phi) is 5.44. The molecular weight excluding hydrogens is 236 g/mol. The summed E-state index contributed by atoms with van der Waals surface area (Å²) in [4.78, 5) is 11.5. The second-order valence-electron chi connectivity index (χ2n) is 3.37. The van der Waals surface area contributed by atoms with Crippen molar-refractivity contribution in [2.24, 2.45) is 0 Å². The predicted octanol–water partition coefficient (Wildman–Crippen LogP) is 2.44. The van der Waals surface area contributed by atoms with E-state index in [2.05, 4.69) is 5.92 Å². The van der Waals surface area contributed by atoms with E-state index < -0.39 is 5.97 Å². The lowest BCUT2D eigenvalue weighted by molar-refractivity contribution is -0.136. The van der Waals surface area contributed by atoms with E-state index in [-0.39, 0.29) is 6.42 Å². The van der Waals surface area contributed by atoms with Gasteiger partial charge in [0, 0.05) is 6.42 Å². The quantitative estimate of drug-likeness (QED) is 0.622. The summed E-state index contributed by atoms with van der Waals surface area (Å²) in [5.74, 6) is 3.09. The lowest BCUT2D eigenvalue weighted by atomic mass is 10.1. The molecular formula is C13H14O3S. The zero-order valence-electron chi connectivity index (χ0n) is 9.60. The third kappa shape index (κ3) is 4.41. The molecule has 0 aliphatic heterocycles. The van der Waals surface area contributed by atoms with E-state index in [1.807, 2.05) is 18.2 Å². The molecule has 0 saturated heterocycles. The van der Waals surface area contributed by atoms with Crippen molar-refractivity contribution in [2.45, 2.75) is 17.7 Å². The Labute approximate surface area is 105 Å². The van der Waals surface area contributed by atoms with Crippen LogP contribution < -0.4 is 4.74 Å². The van der Waals surface area contributed by atoms with Gasteiger partial charge in [0.05, 0.1) is 17.8 Å². The number of hydrogen-bond acceptors (Lipinski definition) is 3. The zero-order valence-corrected chi connectivity index (χ0v) is 10.4. The maximum Gasteiger partial charge on any atom is 0.303 e. The molecule has 0 bridgehead atoms. The number of methoxy groups -OCH3 is 1. The van der Waals surface area contributed by atoms with Crippen molar-refractivity contribution in [2.75, 3.05) is 12.9 Å². The van der Waals surface area contributed by atoms with Crippen molar-refractivity contribution in [1.29, 1.82) is 0 Å². The molecule has 1 N–H and O–H groups in total. The first-order valence-corrected chi connectivity index (χ1v) is 6.11. The van der Waals surface area contributed by atoms with Crippen molar-refractivity contribution >= 4 is 17.7 Å². The summed E-state index contributed by atoms with van der Waals surface area (Å²) < 4.78 is 5.25. The van der Waals surface area contributed by atoms with Crippen LogP contribution in [0, 0.1) is 12.3 Å². The average Bonchev–Trinajstić information content (AvgIpc) is 2.34. The molecule has 0 atom stereocenters. The van der Waals surface area contributed by atoms with E-state index in [1.54, 1.807) is 7.11 Å². The summed E-state index contributed by atoms with van der Waals surface area (Å²) >= 11 is 1.53. The minimum Gasteiger partial charge on any atom is -0.496 e. The van der Waals surface area contributed by atoms with Gasteiger partial charge in [0.1, 0.15) is 5.75 Å². The maximum absolute atomic E-state index is 10.5. The van der Waals surface area contributed by atoms with Crippen LogP contribution in [0.4, 0.5) is 0 Å². The topological polar surface area (TPSA) is 46.5 Å². The molecule has 1 aromatic rings. The summed E-state index contributed by atoms with van der Waals surface area (Å²) in [5, 5.41) is 8.61. The molecule has 1 aromatic carbocycles. The van der Waals surface area contributed by atoms with Crippen LogP contribution in [-0.2, 0) is 11.2 Å². The fraction of sp³-hybridized carbons (Fsp3) is 0.308. The molecule has 0 aliphatic rings. The monoisotopic (exact) mass is 250 g/mol. The molecule has 0 spiro atoms. The van der Waals surface area contributed by atoms with Gasteiger partial charge < -0.3 is 9.84 Å². The first-order chi connectivity index (χ1) is 8.17. The summed E-state index contributed by atoms with van der Waals surface area (Å²) in [6.45, 7) is 0. The molecule has 0 heterocycles. The van der Waals surface area contributed by atoms with Crippen LogP contribution in [0.1, 0.15) is 12.0 Å². The Morgan fingerprint density at radius 3 is 2.94 bits per heavy atom. The van der Waals surface area contributed by atoms with Crippen LogP contribution in [0.3, 0.4) is 0 Å². The van der Waals surface area contributed by atoms with E-state index in [9.17, 15) is 4.79 Å². The molecule has 90 valence electrons. The second kappa shape index (κ2) is 6.87. The summed E-state index contributed by atoms with van der Waals surface area (Å²) in [7, 11) is 1.59. The van der Waals surface area contributed by atoms with E-state index >= 15 is 0 Å². The van der Waals surface area contributed by atoms with Crippen LogP contribution in [0.25, 0.3) is 0 Å². The number of rotatable bonds is 6. The van der Waals surface area contributed by atoms with E-state index in [1.165, 1.54) is 11.8 Å². The molecule has 17 heavy (non-hydrogen) atoms. The predicted molar refractivity (Wildman–Crippen MR) is 68.5 cm³/mol. The van der Waals surface area contributed by atoms with Gasteiger partial charge in [-0.1, -0.05) is 12.0 Å². The first-order valence-electron chi connectivity index (χ1n) is 5.12. The third-order valence-electron chi connectivity index (χ3n) is 2.17. The summed E-state index contributed by atoms with van der Waals surface area (Å²) in [6.07, 6.45) is 5.83. The van der Waals surface area contributed by atoms with Gasteiger partial charge in [-0.25, -0.2) is 0 Å². The van der Waals surface area contributed by atoms with Crippen molar-refractivity contribution in [3.05, 3.63) is 23.8 Å². The molecule has 4 heteroatoms. The standard InChI is InChI=1S/C13H14O3S/c1-3-8-17-12-6-4-10(5-7-13(14)15)9-11(12)16-2/h1,4,6,9H,5,7-8H2,2H3,(H,14,15). The van der Waals surface area contributed by atoms with Gasteiger partial charge in [0.15, 0.2) is 0 Å². The van der Waals surface area contributed by atoms with E-state index in [0.29, 0.717) is 12.2 Å². The van der Waals surface area contributed by atoms with Crippen molar-refractivity contribution in [3.63, 3.8) is 0 Å². The second-order valence-corrected chi connectivity index (χ2v) is 4.39. The largest absolute Gasteiger partial charge is 0.496 e. The normalized spacial score (nSPS) is 9.65. The fourth-order valence-corrected chi connectivity index (χ4v) is 2.05. The van der Waals surface area contributed by atoms with Crippen LogP contribution in [0.15, 0.2) is 23.1 Å². The van der Waals surface area contributed by atoms with Gasteiger partial charge in [0.2, 0.25) is 0 Å². The molecule has 0 amide bonds. The van der Waals surface area contributed by atoms with Crippen molar-refractivity contribution in [3.8, 4) is 18.1 Å². The summed E-state index contributed by atoms with van der Waals surface area (Å²) in [6, 6.07) is 5.68. The Morgan fingerprint density at radius 1 is 1.59 bits per heavy atom. The molecule has 0 aromatic heterocycles. The minimum atomic E-state index is -0.797. The highest BCUT2D eigenvalue weighted by Crippen LogP contribution is 2.30. The van der Waals surface area contributed by atoms with Crippen LogP contribution >= 0.6 is 11.8 Å². The zero-order chi connectivity index (χ0) is 12.7. The number of aliphatic carboxylic acids is 1. The molecule has 0 unspecified atom stereocenters. The average molecular weight is 250 g/mol. The van der Waals surface area contributed by atoms with Crippen LogP contribution in [0.2, 0.25) is 0 Å². The van der Waals surface area contributed by atoms with Crippen molar-refractivity contribution in [1.82, 2.24) is 0 Å². The fourth-order valence-electron chi connectivity index (χ4n) is 1.36. The number of ether oxygens (including phenoxy) is 1. The minimum absolute atomic E-state index is 0.125. The molecule has 0 fully saturated rings. The molecule has 0 aliphatic carbocycles. The number of carboxylic acid groups (broad SMARTS) is 1. The SMILES string of the molecule is C#CCSc1ccc(CCC(=O)O)cc1OC. The number of benzene rings is 1. The van der Waals surface area contributed by atoms with E-state index in [4.69, 9.17) is 16.3 Å². The Morgan fingerprint density at radius 2 is 2.35 bits per heavy atom. The molecule has 0 radical (unpaired) electrons. The van der Waals surface area contributed by atoms with Gasteiger partial charge in [-0.3, -0.25) is 4.79 Å². The number of thioether (sulfide) groups is 1. The Hall–Kier alpha value is -1.60. The van der Waals surface area contributed by atoms with Gasteiger partial charge in [0.25, 0.3) is 0 Å². The number of terminal acetylenes is 1. The first kappa shape index (κ1) is 13.5. The van der Waals surface area contributed by atoms with Crippen molar-refractivity contribution < 1.29 is 14.6 Å². The van der Waals surface area contributed by atoms with Gasteiger partial charge in [-0.2, -0.15) is 0 Å². The number of aryl methyl sites for hydroxylation is 1. The van der Waals surface area contributed by atoms with Crippen LogP contribution in [-0.4, -0.2) is 23.9 Å². The smallest absolute Gasteiger partial charge is 0.303 e. The Bertz CT molecular complexity index is 435. The highest BCUT2D eigenvalue weighted by molar-refractivity contribution is 7.99.